The number of thioether (sulfide) groups is 2. The SMILES string of the molecule is CSc1nnc(SC(c2sccc2C)C(C)N)s1. The molecule has 0 fully saturated rings. The number of nitrogens with two attached hydrogens (primary N) is 1. The van der Waals surface area contributed by atoms with Gasteiger partial charge in [0.15, 0.2) is 8.68 Å². The van der Waals surface area contributed by atoms with E-state index in [9.17, 15) is 0 Å². The second-order valence-corrected chi connectivity index (χ2v) is 8.27. The van der Waals surface area contributed by atoms with Crippen LogP contribution in [0.15, 0.2) is 20.1 Å². The fourth-order valence-electron chi connectivity index (χ4n) is 1.51. The molecule has 7 heteroatoms. The first-order valence-electron chi connectivity index (χ1n) is 5.45. The maximum absolute atomic E-state index is 6.12. The van der Waals surface area contributed by atoms with E-state index in [4.69, 9.17) is 5.73 Å². The highest BCUT2D eigenvalue weighted by Crippen LogP contribution is 2.42. The minimum Gasteiger partial charge on any atom is -0.327 e. The summed E-state index contributed by atoms with van der Waals surface area (Å²) in [5.41, 5.74) is 7.43. The quantitative estimate of drug-likeness (QED) is 0.850. The Morgan fingerprint density at radius 2 is 2.06 bits per heavy atom. The largest absolute Gasteiger partial charge is 0.327 e. The standard InChI is InChI=1S/C11H15N3S4/c1-6-4-5-16-8(6)9(7(2)12)17-11-14-13-10(15-3)18-11/h4-5,7,9H,12H2,1-3H3. The van der Waals surface area contributed by atoms with Gasteiger partial charge in [0.2, 0.25) is 0 Å². The molecular formula is C11H15N3S4. The molecule has 3 nitrogen and oxygen atoms in total. The van der Waals surface area contributed by atoms with Crippen LogP contribution < -0.4 is 5.73 Å². The van der Waals surface area contributed by atoms with Gasteiger partial charge < -0.3 is 5.73 Å². The molecule has 2 heterocycles. The zero-order valence-electron chi connectivity index (χ0n) is 10.4. The summed E-state index contributed by atoms with van der Waals surface area (Å²) in [6, 6.07) is 2.23. The molecule has 2 aromatic heterocycles. The maximum atomic E-state index is 6.12. The molecule has 0 radical (unpaired) electrons. The molecule has 18 heavy (non-hydrogen) atoms. The van der Waals surface area contributed by atoms with Gasteiger partial charge in [-0.3, -0.25) is 0 Å². The Balaban J connectivity index is 2.19. The number of hydrogen-bond donors (Lipinski definition) is 1. The van der Waals surface area contributed by atoms with Crippen LogP contribution in [-0.4, -0.2) is 22.5 Å². The van der Waals surface area contributed by atoms with Crippen LogP contribution in [-0.2, 0) is 0 Å². The predicted molar refractivity (Wildman–Crippen MR) is 83.0 cm³/mol. The molecule has 2 rings (SSSR count). The van der Waals surface area contributed by atoms with Crippen molar-refractivity contribution in [3.8, 4) is 0 Å². The first kappa shape index (κ1) is 14.3. The Morgan fingerprint density at radius 3 is 2.56 bits per heavy atom. The predicted octanol–water partition coefficient (Wildman–Crippen LogP) is 3.81. The Morgan fingerprint density at radius 1 is 1.33 bits per heavy atom. The Bertz CT molecular complexity index is 506. The molecule has 98 valence electrons. The number of rotatable bonds is 5. The Hall–Kier alpha value is -0.0800. The van der Waals surface area contributed by atoms with Crippen molar-refractivity contribution in [2.45, 2.75) is 33.8 Å². The number of nitrogens with zero attached hydrogens (tertiary/aromatic N) is 2. The molecule has 0 aromatic carbocycles. The molecule has 0 aliphatic heterocycles. The molecule has 0 saturated carbocycles. The summed E-state index contributed by atoms with van der Waals surface area (Å²) in [4.78, 5) is 1.34. The Kier molecular flexibility index (Phi) is 5.08. The van der Waals surface area contributed by atoms with Crippen LogP contribution in [0.4, 0.5) is 0 Å². The molecule has 0 saturated heterocycles. The minimum absolute atomic E-state index is 0.0916. The van der Waals surface area contributed by atoms with Crippen molar-refractivity contribution >= 4 is 46.2 Å². The van der Waals surface area contributed by atoms with Gasteiger partial charge in [-0.1, -0.05) is 34.9 Å². The molecule has 2 atom stereocenters. The van der Waals surface area contributed by atoms with E-state index in [-0.39, 0.29) is 11.3 Å². The molecule has 0 aliphatic carbocycles. The average molecular weight is 318 g/mol. The summed E-state index contributed by atoms with van der Waals surface area (Å²) >= 11 is 6.75. The molecule has 2 N–H and O–H groups in total. The highest BCUT2D eigenvalue weighted by atomic mass is 32.2. The van der Waals surface area contributed by atoms with Crippen molar-refractivity contribution in [2.24, 2.45) is 5.73 Å². The lowest BCUT2D eigenvalue weighted by molar-refractivity contribution is 0.726. The van der Waals surface area contributed by atoms with E-state index in [1.54, 1.807) is 46.2 Å². The summed E-state index contributed by atoms with van der Waals surface area (Å²) in [6.45, 7) is 4.18. The molecule has 2 aromatic rings. The number of hydrogen-bond acceptors (Lipinski definition) is 7. The van der Waals surface area contributed by atoms with Crippen molar-refractivity contribution in [3.63, 3.8) is 0 Å². The van der Waals surface area contributed by atoms with E-state index in [1.165, 1.54) is 10.4 Å². The second-order valence-electron chi connectivity index (χ2n) is 3.90. The van der Waals surface area contributed by atoms with Crippen molar-refractivity contribution in [1.82, 2.24) is 10.2 Å². The normalized spacial score (nSPS) is 14.7. The topological polar surface area (TPSA) is 51.8 Å². The first-order valence-corrected chi connectivity index (χ1v) is 9.25. The lowest BCUT2D eigenvalue weighted by atomic mass is 10.1. The third-order valence-electron chi connectivity index (χ3n) is 2.43. The van der Waals surface area contributed by atoms with E-state index in [0.29, 0.717) is 0 Å². The van der Waals surface area contributed by atoms with Gasteiger partial charge in [-0.2, -0.15) is 0 Å². The van der Waals surface area contributed by atoms with Crippen LogP contribution in [0, 0.1) is 6.92 Å². The van der Waals surface area contributed by atoms with Crippen molar-refractivity contribution < 1.29 is 0 Å². The van der Waals surface area contributed by atoms with Gasteiger partial charge in [0, 0.05) is 10.9 Å². The zero-order valence-corrected chi connectivity index (χ0v) is 13.7. The fourth-order valence-corrected chi connectivity index (χ4v) is 5.56. The van der Waals surface area contributed by atoms with Gasteiger partial charge in [0.25, 0.3) is 0 Å². The van der Waals surface area contributed by atoms with E-state index in [2.05, 4.69) is 28.6 Å². The van der Waals surface area contributed by atoms with E-state index < -0.39 is 0 Å². The van der Waals surface area contributed by atoms with E-state index in [1.807, 2.05) is 13.2 Å². The lowest BCUT2D eigenvalue weighted by Crippen LogP contribution is -2.22. The third-order valence-corrected chi connectivity index (χ3v) is 7.11. The van der Waals surface area contributed by atoms with Gasteiger partial charge in [0.1, 0.15) is 0 Å². The highest BCUT2D eigenvalue weighted by molar-refractivity contribution is 8.03. The molecule has 0 aliphatic rings. The van der Waals surface area contributed by atoms with Gasteiger partial charge in [-0.15, -0.1) is 21.5 Å². The average Bonchev–Trinajstić information content (AvgIpc) is 2.94. The van der Waals surface area contributed by atoms with Crippen LogP contribution in [0.25, 0.3) is 0 Å². The van der Waals surface area contributed by atoms with Crippen molar-refractivity contribution in [2.75, 3.05) is 6.26 Å². The second kappa shape index (κ2) is 6.38. The number of thiophene rings is 1. The number of aryl methyl sites for hydroxylation is 1. The van der Waals surface area contributed by atoms with Gasteiger partial charge in [-0.25, -0.2) is 0 Å². The minimum atomic E-state index is 0.0916. The van der Waals surface area contributed by atoms with Gasteiger partial charge in [-0.05, 0) is 37.1 Å². The third kappa shape index (κ3) is 3.27. The molecule has 0 bridgehead atoms. The lowest BCUT2D eigenvalue weighted by Gasteiger charge is -2.18. The first-order chi connectivity index (χ1) is 8.61. The molecular weight excluding hydrogens is 302 g/mol. The summed E-state index contributed by atoms with van der Waals surface area (Å²) in [7, 11) is 0. The van der Waals surface area contributed by atoms with Gasteiger partial charge in [0.05, 0.1) is 5.25 Å². The maximum Gasteiger partial charge on any atom is 0.175 e. The number of aromatic nitrogens is 2. The summed E-state index contributed by atoms with van der Waals surface area (Å²) < 4.78 is 2.00. The van der Waals surface area contributed by atoms with Crippen LogP contribution in [0.5, 0.6) is 0 Å². The van der Waals surface area contributed by atoms with Crippen LogP contribution in [0.1, 0.15) is 22.6 Å². The van der Waals surface area contributed by atoms with E-state index in [0.717, 1.165) is 8.68 Å². The van der Waals surface area contributed by atoms with Crippen molar-refractivity contribution in [1.29, 1.82) is 0 Å². The van der Waals surface area contributed by atoms with Gasteiger partial charge >= 0.3 is 0 Å². The molecule has 2 unspecified atom stereocenters. The van der Waals surface area contributed by atoms with Crippen LogP contribution in [0.2, 0.25) is 0 Å². The monoisotopic (exact) mass is 317 g/mol. The van der Waals surface area contributed by atoms with Crippen LogP contribution in [0.3, 0.4) is 0 Å². The summed E-state index contributed by atoms with van der Waals surface area (Å²) in [5.74, 6) is 0. The highest BCUT2D eigenvalue weighted by Gasteiger charge is 2.22. The van der Waals surface area contributed by atoms with E-state index >= 15 is 0 Å². The summed E-state index contributed by atoms with van der Waals surface area (Å²) in [5, 5.41) is 10.7. The van der Waals surface area contributed by atoms with Crippen molar-refractivity contribution in [3.05, 3.63) is 21.9 Å². The van der Waals surface area contributed by atoms with Crippen LogP contribution >= 0.6 is 46.2 Å². The molecule has 0 spiro atoms. The fraction of sp³-hybridized carbons (Fsp3) is 0.455. The Labute approximate surface area is 124 Å². The smallest absolute Gasteiger partial charge is 0.175 e. The molecule has 0 amide bonds. The summed E-state index contributed by atoms with van der Waals surface area (Å²) in [6.07, 6.45) is 2.02. The zero-order chi connectivity index (χ0) is 13.1.